The fourth-order valence-electron chi connectivity index (χ4n) is 4.49. The van der Waals surface area contributed by atoms with E-state index in [1.54, 1.807) is 6.07 Å². The maximum Gasteiger partial charge on any atom is 0.534 e. The number of halogens is 3. The quantitative estimate of drug-likeness (QED) is 0.137. The van der Waals surface area contributed by atoms with Crippen molar-refractivity contribution in [2.24, 2.45) is 0 Å². The topological polar surface area (TPSA) is 43.4 Å². The second kappa shape index (κ2) is 7.69. The van der Waals surface area contributed by atoms with Crippen LogP contribution in [0.2, 0.25) is 0 Å². The molecule has 0 radical (unpaired) electrons. The zero-order valence-corrected chi connectivity index (χ0v) is 19.5. The van der Waals surface area contributed by atoms with E-state index in [9.17, 15) is 21.6 Å². The van der Waals surface area contributed by atoms with E-state index in [0.29, 0.717) is 15.5 Å². The van der Waals surface area contributed by atoms with E-state index in [2.05, 4.69) is 22.4 Å². The van der Waals surface area contributed by atoms with Gasteiger partial charge in [-0.05, 0) is 63.0 Å². The Kier molecular flexibility index (Phi) is 4.81. The molecule has 0 unspecified atom stereocenters. The zero-order valence-electron chi connectivity index (χ0n) is 17.8. The van der Waals surface area contributed by atoms with E-state index in [4.69, 9.17) is 0 Å². The minimum Gasteiger partial charge on any atom is -0.375 e. The highest BCUT2D eigenvalue weighted by Gasteiger charge is 2.48. The maximum absolute atomic E-state index is 13.0. The van der Waals surface area contributed by atoms with Crippen LogP contribution in [0, 0.1) is 0 Å². The molecule has 1 aromatic heterocycles. The number of hydrogen-bond donors (Lipinski definition) is 0. The highest BCUT2D eigenvalue weighted by molar-refractivity contribution is 7.88. The van der Waals surface area contributed by atoms with Gasteiger partial charge in [-0.2, -0.15) is 21.6 Å². The third-order valence-corrected chi connectivity index (χ3v) is 8.12. The molecule has 0 saturated heterocycles. The molecule has 0 fully saturated rings. The van der Waals surface area contributed by atoms with Gasteiger partial charge in [-0.3, -0.25) is 0 Å². The molecule has 1 heterocycles. The van der Waals surface area contributed by atoms with Crippen LogP contribution >= 0.6 is 11.3 Å². The summed E-state index contributed by atoms with van der Waals surface area (Å²) in [5.74, 6) is -0.341. The van der Waals surface area contributed by atoms with Crippen molar-refractivity contribution in [2.75, 3.05) is 0 Å². The third kappa shape index (κ3) is 3.52. The minimum absolute atomic E-state index is 0.340. The lowest BCUT2D eigenvalue weighted by molar-refractivity contribution is -0.0499. The standard InChI is InChI=1S/C27H15F3O3S2/c28-27(29,30)35(31,32)33-23-10-5-11-25-26(23)22-15-17(12-13-24(22)34-25)21-14-16-6-1-2-7-18(16)19-8-3-4-9-20(19)21/h1-15H. The van der Waals surface area contributed by atoms with Crippen LogP contribution in [0.25, 0.3) is 52.8 Å². The van der Waals surface area contributed by atoms with E-state index in [1.807, 2.05) is 54.6 Å². The number of rotatable bonds is 3. The van der Waals surface area contributed by atoms with Crippen LogP contribution in [0.3, 0.4) is 0 Å². The van der Waals surface area contributed by atoms with Gasteiger partial charge >= 0.3 is 15.6 Å². The lowest BCUT2D eigenvalue weighted by Crippen LogP contribution is -2.28. The summed E-state index contributed by atoms with van der Waals surface area (Å²) < 4.78 is 68.5. The highest BCUT2D eigenvalue weighted by atomic mass is 32.2. The molecule has 0 bridgehead atoms. The Hall–Kier alpha value is -3.62. The molecule has 0 N–H and O–H groups in total. The molecule has 6 rings (SSSR count). The SMILES string of the molecule is O=S(=O)(Oc1cccc2sc3ccc(-c4cc5ccccc5c5ccccc45)cc3c12)C(F)(F)F. The van der Waals surface area contributed by atoms with Crippen LogP contribution in [0.15, 0.2) is 91.0 Å². The van der Waals surface area contributed by atoms with Crippen molar-refractivity contribution in [3.63, 3.8) is 0 Å². The van der Waals surface area contributed by atoms with E-state index in [0.717, 1.165) is 37.4 Å². The molecular formula is C27H15F3O3S2. The van der Waals surface area contributed by atoms with Crippen LogP contribution < -0.4 is 4.18 Å². The van der Waals surface area contributed by atoms with Gasteiger partial charge in [0.2, 0.25) is 0 Å². The monoisotopic (exact) mass is 508 g/mol. The van der Waals surface area contributed by atoms with Crippen molar-refractivity contribution in [1.82, 2.24) is 0 Å². The second-order valence-corrected chi connectivity index (χ2v) is 10.7. The number of benzene rings is 5. The maximum atomic E-state index is 13.0. The normalized spacial score (nSPS) is 12.7. The molecular weight excluding hydrogens is 493 g/mol. The van der Waals surface area contributed by atoms with Gasteiger partial charge in [0.25, 0.3) is 0 Å². The number of hydrogen-bond acceptors (Lipinski definition) is 4. The van der Waals surface area contributed by atoms with Crippen molar-refractivity contribution in [2.45, 2.75) is 5.51 Å². The van der Waals surface area contributed by atoms with Crippen LogP contribution in [0.1, 0.15) is 0 Å². The zero-order chi connectivity index (χ0) is 24.4. The lowest BCUT2D eigenvalue weighted by atomic mass is 9.93. The fraction of sp³-hybridized carbons (Fsp3) is 0.0370. The predicted octanol–water partition coefficient (Wildman–Crippen LogP) is 8.26. The number of thiophene rings is 1. The molecule has 5 aromatic carbocycles. The Morgan fingerprint density at radius 1 is 0.686 bits per heavy atom. The molecule has 0 aliphatic heterocycles. The van der Waals surface area contributed by atoms with Crippen molar-refractivity contribution in [1.29, 1.82) is 0 Å². The molecule has 3 nitrogen and oxygen atoms in total. The molecule has 0 atom stereocenters. The Bertz CT molecular complexity index is 1890. The van der Waals surface area contributed by atoms with E-state index < -0.39 is 15.6 Å². The van der Waals surface area contributed by atoms with Gasteiger partial charge in [0.15, 0.2) is 5.75 Å². The molecule has 0 aliphatic rings. The molecule has 0 saturated carbocycles. The minimum atomic E-state index is -5.80. The first-order chi connectivity index (χ1) is 16.7. The Balaban J connectivity index is 1.62. The summed E-state index contributed by atoms with van der Waals surface area (Å²) in [6.45, 7) is 0. The summed E-state index contributed by atoms with van der Waals surface area (Å²) in [7, 11) is -5.80. The largest absolute Gasteiger partial charge is 0.534 e. The average Bonchev–Trinajstić information content (AvgIpc) is 3.21. The van der Waals surface area contributed by atoms with Crippen LogP contribution in [0.5, 0.6) is 5.75 Å². The second-order valence-electron chi connectivity index (χ2n) is 8.12. The first-order valence-corrected chi connectivity index (χ1v) is 12.8. The van der Waals surface area contributed by atoms with E-state index >= 15 is 0 Å². The summed E-state index contributed by atoms with van der Waals surface area (Å²) in [4.78, 5) is 0. The molecule has 6 aromatic rings. The summed E-state index contributed by atoms with van der Waals surface area (Å²) in [6, 6.07) is 28.5. The summed E-state index contributed by atoms with van der Waals surface area (Å²) >= 11 is 1.36. The molecule has 174 valence electrons. The summed E-state index contributed by atoms with van der Waals surface area (Å²) in [5.41, 5.74) is -3.68. The van der Waals surface area contributed by atoms with Crippen molar-refractivity contribution in [3.05, 3.63) is 91.0 Å². The van der Waals surface area contributed by atoms with E-state index in [1.165, 1.54) is 23.5 Å². The molecule has 0 amide bonds. The smallest absolute Gasteiger partial charge is 0.375 e. The number of fused-ring (bicyclic) bond motifs is 6. The Morgan fingerprint density at radius 2 is 1.40 bits per heavy atom. The van der Waals surface area contributed by atoms with Crippen molar-refractivity contribution < 1.29 is 25.8 Å². The fourth-order valence-corrected chi connectivity index (χ4v) is 6.06. The highest BCUT2D eigenvalue weighted by Crippen LogP contribution is 2.43. The molecule has 35 heavy (non-hydrogen) atoms. The number of alkyl halides is 3. The van der Waals surface area contributed by atoms with Gasteiger partial charge < -0.3 is 4.18 Å². The van der Waals surface area contributed by atoms with Gasteiger partial charge in [0, 0.05) is 20.2 Å². The summed E-state index contributed by atoms with van der Waals surface area (Å²) in [6.07, 6.45) is 0. The average molecular weight is 509 g/mol. The van der Waals surface area contributed by atoms with Crippen LogP contribution in [-0.2, 0) is 10.1 Å². The molecule has 0 spiro atoms. The predicted molar refractivity (Wildman–Crippen MR) is 135 cm³/mol. The van der Waals surface area contributed by atoms with Gasteiger partial charge in [-0.1, -0.05) is 60.7 Å². The van der Waals surface area contributed by atoms with Gasteiger partial charge in [0.05, 0.1) is 0 Å². The Labute approximate surface area is 202 Å². The van der Waals surface area contributed by atoms with Crippen LogP contribution in [0.4, 0.5) is 13.2 Å². The molecule has 0 aliphatic carbocycles. The lowest BCUT2D eigenvalue weighted by Gasteiger charge is -2.12. The van der Waals surface area contributed by atoms with Gasteiger partial charge in [-0.15, -0.1) is 11.3 Å². The van der Waals surface area contributed by atoms with E-state index in [-0.39, 0.29) is 5.75 Å². The third-order valence-electron chi connectivity index (χ3n) is 6.02. The Morgan fingerprint density at radius 3 is 2.17 bits per heavy atom. The molecule has 8 heteroatoms. The summed E-state index contributed by atoms with van der Waals surface area (Å²) in [5, 5.41) is 5.30. The first-order valence-electron chi connectivity index (χ1n) is 10.6. The van der Waals surface area contributed by atoms with Crippen LogP contribution in [-0.4, -0.2) is 13.9 Å². The first kappa shape index (κ1) is 21.9. The van der Waals surface area contributed by atoms with Gasteiger partial charge in [-0.25, -0.2) is 0 Å². The van der Waals surface area contributed by atoms with Gasteiger partial charge in [0.1, 0.15) is 0 Å². The van der Waals surface area contributed by atoms with Crippen molar-refractivity contribution in [3.8, 4) is 16.9 Å². The van der Waals surface area contributed by atoms with Crippen molar-refractivity contribution >= 4 is 63.2 Å².